The summed E-state index contributed by atoms with van der Waals surface area (Å²) in [7, 11) is 0. The lowest BCUT2D eigenvalue weighted by atomic mass is 9.63. The number of thiophene rings is 1. The number of hydrogen-bond donors (Lipinski definition) is 1. The van der Waals surface area contributed by atoms with Gasteiger partial charge >= 0.3 is 12.0 Å². The van der Waals surface area contributed by atoms with E-state index in [1.54, 1.807) is 11.0 Å². The van der Waals surface area contributed by atoms with Crippen molar-refractivity contribution in [2.24, 2.45) is 11.3 Å². The first kappa shape index (κ1) is 37.2. The van der Waals surface area contributed by atoms with E-state index in [-0.39, 0.29) is 83.6 Å². The molecule has 0 radical (unpaired) electrons. The number of alkyl halides is 1. The van der Waals surface area contributed by atoms with Crippen molar-refractivity contribution in [3.05, 3.63) is 52.0 Å². The summed E-state index contributed by atoms with van der Waals surface area (Å²) >= 11 is 13.8. The smallest absolute Gasteiger partial charge is 0.346 e. The van der Waals surface area contributed by atoms with E-state index >= 15 is 8.78 Å². The van der Waals surface area contributed by atoms with Gasteiger partial charge < -0.3 is 20.3 Å². The zero-order chi connectivity index (χ0) is 39.3. The number of piperidine rings is 1. The van der Waals surface area contributed by atoms with Crippen LogP contribution in [0.25, 0.3) is 32.1 Å². The largest absolute Gasteiger partial charge is 0.461 e. The normalized spacial score (nSPS) is 25.1. The summed E-state index contributed by atoms with van der Waals surface area (Å²) in [5, 5.41) is 14.6. The first-order valence-corrected chi connectivity index (χ1v) is 20.2. The number of amides is 1. The van der Waals surface area contributed by atoms with Gasteiger partial charge in [-0.3, -0.25) is 4.90 Å². The number of fused-ring (bicyclic) bond motifs is 3. The molecule has 3 aromatic heterocycles. The van der Waals surface area contributed by atoms with Crippen LogP contribution in [0.15, 0.2) is 24.5 Å². The lowest BCUT2D eigenvalue weighted by Gasteiger charge is -2.62. The van der Waals surface area contributed by atoms with Gasteiger partial charge in [0.2, 0.25) is 5.28 Å². The van der Waals surface area contributed by atoms with Crippen molar-refractivity contribution in [1.82, 2.24) is 34.5 Å². The van der Waals surface area contributed by atoms with Crippen molar-refractivity contribution in [3.8, 4) is 23.2 Å². The molecule has 5 aromatic rings. The first-order chi connectivity index (χ1) is 26.8. The van der Waals surface area contributed by atoms with E-state index in [1.165, 1.54) is 18.5 Å². The van der Waals surface area contributed by atoms with Gasteiger partial charge in [0, 0.05) is 60.4 Å². The van der Waals surface area contributed by atoms with Gasteiger partial charge in [0.15, 0.2) is 5.82 Å². The monoisotopic (exact) mass is 824 g/mol. The van der Waals surface area contributed by atoms with Gasteiger partial charge in [0.25, 0.3) is 0 Å². The molecule has 1 amide bonds. The van der Waals surface area contributed by atoms with Crippen molar-refractivity contribution in [2.45, 2.75) is 63.7 Å². The number of nitrogen functional groups attached to an aromatic ring is 1. The highest BCUT2D eigenvalue weighted by Crippen LogP contribution is 2.51. The Kier molecular flexibility index (Phi) is 9.03. The lowest BCUT2D eigenvalue weighted by molar-refractivity contribution is -0.0739. The van der Waals surface area contributed by atoms with Crippen LogP contribution >= 0.6 is 34.5 Å². The van der Waals surface area contributed by atoms with Crippen LogP contribution < -0.4 is 15.4 Å². The molecule has 9 rings (SSSR count). The van der Waals surface area contributed by atoms with E-state index < -0.39 is 23.3 Å². The molecule has 1 spiro atoms. The van der Waals surface area contributed by atoms with Crippen molar-refractivity contribution in [1.29, 1.82) is 5.26 Å². The Morgan fingerprint density at radius 2 is 1.98 bits per heavy atom. The number of hydrogen-bond acceptors (Lipinski definition) is 11. The molecule has 4 fully saturated rings. The van der Waals surface area contributed by atoms with Crippen LogP contribution in [-0.4, -0.2) is 97.6 Å². The summed E-state index contributed by atoms with van der Waals surface area (Å²) < 4.78 is 54.7. The molecule has 4 aliphatic rings. The van der Waals surface area contributed by atoms with E-state index in [1.807, 2.05) is 6.07 Å². The SMILES string of the molecule is CC(C)C1N(C(=O)n2cnc(Cl)n2)CC12CCCN(c1nc(OC[C@@]34CCCN3C[C@H](F)C4)nc3c(F)c(-c4ccc(F)c5sc(N)c(C#N)c45)c(Cl)cc13)C2. The minimum absolute atomic E-state index is 0.00852. The molecule has 4 atom stereocenters. The molecule has 4 aliphatic heterocycles. The van der Waals surface area contributed by atoms with E-state index in [9.17, 15) is 14.4 Å². The first-order valence-electron chi connectivity index (χ1n) is 18.6. The number of carbonyl (C=O) groups is 1. The highest BCUT2D eigenvalue weighted by molar-refractivity contribution is 7.23. The minimum atomic E-state index is -0.972. The van der Waals surface area contributed by atoms with Crippen molar-refractivity contribution >= 4 is 72.4 Å². The molecule has 56 heavy (non-hydrogen) atoms. The van der Waals surface area contributed by atoms with Crippen LogP contribution in [0.5, 0.6) is 6.01 Å². The molecule has 0 bridgehead atoms. The third-order valence-electron chi connectivity index (χ3n) is 12.2. The molecule has 2 aromatic carbocycles. The summed E-state index contributed by atoms with van der Waals surface area (Å²) in [6.45, 7) is 6.89. The maximum absolute atomic E-state index is 17.3. The molecule has 0 aliphatic carbocycles. The molecule has 0 saturated carbocycles. The average Bonchev–Trinajstić information content (AvgIpc) is 3.92. The van der Waals surface area contributed by atoms with Crippen LogP contribution in [-0.2, 0) is 0 Å². The number of anilines is 2. The number of carbonyl (C=O) groups excluding carboxylic acids is 1. The highest BCUT2D eigenvalue weighted by Gasteiger charge is 2.57. The Hall–Kier alpha value is -4.43. The summed E-state index contributed by atoms with van der Waals surface area (Å²) in [4.78, 5) is 33.0. The topological polar surface area (TPSA) is 142 Å². The van der Waals surface area contributed by atoms with Crippen LogP contribution in [0.3, 0.4) is 0 Å². The van der Waals surface area contributed by atoms with Gasteiger partial charge in [-0.25, -0.2) is 22.9 Å². The van der Waals surface area contributed by atoms with Crippen LogP contribution in [0, 0.1) is 34.3 Å². The molecule has 4 saturated heterocycles. The van der Waals surface area contributed by atoms with Gasteiger partial charge in [-0.15, -0.1) is 16.4 Å². The molecular formula is C38H37Cl2F3N10O2S. The van der Waals surface area contributed by atoms with Crippen molar-refractivity contribution in [2.75, 3.05) is 50.0 Å². The lowest BCUT2D eigenvalue weighted by Crippen LogP contribution is -2.73. The van der Waals surface area contributed by atoms with E-state index in [0.29, 0.717) is 43.8 Å². The van der Waals surface area contributed by atoms with Crippen molar-refractivity contribution < 1.29 is 22.7 Å². The maximum atomic E-state index is 17.3. The predicted molar refractivity (Wildman–Crippen MR) is 208 cm³/mol. The Morgan fingerprint density at radius 1 is 1.18 bits per heavy atom. The zero-order valence-corrected chi connectivity index (χ0v) is 32.9. The zero-order valence-electron chi connectivity index (χ0n) is 30.5. The van der Waals surface area contributed by atoms with Crippen LogP contribution in [0.1, 0.15) is 51.5 Å². The number of benzene rings is 2. The molecule has 18 heteroatoms. The Morgan fingerprint density at radius 3 is 2.73 bits per heavy atom. The third-order valence-corrected chi connectivity index (χ3v) is 13.7. The van der Waals surface area contributed by atoms with E-state index in [0.717, 1.165) is 48.2 Å². The summed E-state index contributed by atoms with van der Waals surface area (Å²) in [6, 6.07) is 5.67. The maximum Gasteiger partial charge on any atom is 0.346 e. The number of nitriles is 1. The van der Waals surface area contributed by atoms with Gasteiger partial charge in [-0.05, 0) is 67.4 Å². The fourth-order valence-corrected chi connectivity index (χ4v) is 11.4. The van der Waals surface area contributed by atoms with Gasteiger partial charge in [-0.1, -0.05) is 31.5 Å². The Labute approximate surface area is 333 Å². The van der Waals surface area contributed by atoms with Gasteiger partial charge in [0.05, 0.1) is 20.8 Å². The van der Waals surface area contributed by atoms with Gasteiger partial charge in [0.1, 0.15) is 47.3 Å². The number of halogens is 5. The molecule has 2 unspecified atom stereocenters. The molecule has 292 valence electrons. The highest BCUT2D eigenvalue weighted by atomic mass is 35.5. The number of likely N-dealkylation sites (tertiary alicyclic amines) is 1. The van der Waals surface area contributed by atoms with Crippen molar-refractivity contribution in [3.63, 3.8) is 0 Å². The minimum Gasteiger partial charge on any atom is -0.461 e. The fraction of sp³-hybridized carbons (Fsp3) is 0.474. The summed E-state index contributed by atoms with van der Waals surface area (Å²) in [6.07, 6.45) is 3.93. The molecule has 2 N–H and O–H groups in total. The van der Waals surface area contributed by atoms with E-state index in [2.05, 4.69) is 38.7 Å². The number of aromatic nitrogens is 5. The second kappa shape index (κ2) is 13.6. The van der Waals surface area contributed by atoms with E-state index in [4.69, 9.17) is 38.7 Å². The second-order valence-electron chi connectivity index (χ2n) is 15.8. The summed E-state index contributed by atoms with van der Waals surface area (Å²) in [5.41, 5.74) is 5.36. The number of nitrogens with zero attached hydrogens (tertiary/aromatic N) is 9. The predicted octanol–water partition coefficient (Wildman–Crippen LogP) is 7.69. The fourth-order valence-electron chi connectivity index (χ4n) is 10.0. The number of ether oxygens (including phenoxy) is 1. The Bertz CT molecular complexity index is 2480. The second-order valence-corrected chi connectivity index (χ2v) is 17.6. The quantitative estimate of drug-likeness (QED) is 0.181. The standard InChI is InChI=1S/C38H37Cl2F3N10O2S/c1-19(2)31-37(16-52(31)36(54)53-18-46-34(40)49-53)7-3-9-50(15-37)33-22-11-24(39)27(21-5-6-25(42)30-26(21)23(13-44)32(45)56-30)28(43)29(22)47-35(48-33)55-17-38-8-4-10-51(38)14-20(41)12-38/h5-6,11,18-20,31H,3-4,7-10,12,14-17,45H2,1-2H3/t20-,31?,37?,38+/m1/s1. The van der Waals surface area contributed by atoms with Gasteiger partial charge in [-0.2, -0.15) is 19.9 Å². The number of nitrogens with two attached hydrogens (primary N) is 1. The average molecular weight is 826 g/mol. The number of rotatable bonds is 6. The molecule has 7 heterocycles. The van der Waals surface area contributed by atoms with Crippen LogP contribution in [0.2, 0.25) is 10.3 Å². The van der Waals surface area contributed by atoms with Crippen LogP contribution in [0.4, 0.5) is 28.8 Å². The third kappa shape index (κ3) is 5.75. The Balaban J connectivity index is 1.15. The summed E-state index contributed by atoms with van der Waals surface area (Å²) in [5.74, 6) is -0.906. The molecule has 12 nitrogen and oxygen atoms in total. The molecular weight excluding hydrogens is 788 g/mol.